The van der Waals surface area contributed by atoms with Gasteiger partial charge in [0, 0.05) is 38.3 Å². The van der Waals surface area contributed by atoms with Gasteiger partial charge in [-0.1, -0.05) is 0 Å². The molecule has 2 saturated heterocycles. The lowest BCUT2D eigenvalue weighted by atomic mass is 10.0. The predicted molar refractivity (Wildman–Crippen MR) is 99.4 cm³/mol. The van der Waals surface area contributed by atoms with Crippen LogP contribution >= 0.6 is 0 Å². The van der Waals surface area contributed by atoms with Gasteiger partial charge < -0.3 is 10.2 Å². The van der Waals surface area contributed by atoms with Crippen LogP contribution in [0.3, 0.4) is 0 Å². The molecule has 0 spiro atoms. The van der Waals surface area contributed by atoms with Crippen molar-refractivity contribution in [2.24, 2.45) is 5.92 Å². The molecule has 3 rings (SSSR count). The zero-order valence-corrected chi connectivity index (χ0v) is 15.9. The van der Waals surface area contributed by atoms with E-state index in [1.54, 1.807) is 4.90 Å². The number of carbonyl (C=O) groups is 2. The Morgan fingerprint density at radius 3 is 2.37 bits per heavy atom. The van der Waals surface area contributed by atoms with Crippen molar-refractivity contribution in [3.8, 4) is 0 Å². The van der Waals surface area contributed by atoms with Crippen LogP contribution in [0.2, 0.25) is 0 Å². The molecule has 2 amide bonds. The molecule has 1 aromatic carbocycles. The van der Waals surface area contributed by atoms with Gasteiger partial charge in [-0.25, -0.2) is 12.8 Å². The van der Waals surface area contributed by atoms with Gasteiger partial charge in [0.2, 0.25) is 11.8 Å². The lowest BCUT2D eigenvalue weighted by molar-refractivity contribution is -0.133. The van der Waals surface area contributed by atoms with Crippen molar-refractivity contribution < 1.29 is 22.4 Å². The lowest BCUT2D eigenvalue weighted by Gasteiger charge is -2.34. The first-order valence-electron chi connectivity index (χ1n) is 9.07. The smallest absolute Gasteiger partial charge is 0.238 e. The van der Waals surface area contributed by atoms with Crippen molar-refractivity contribution in [1.29, 1.82) is 0 Å². The van der Waals surface area contributed by atoms with Gasteiger partial charge in [-0.2, -0.15) is 0 Å². The van der Waals surface area contributed by atoms with Crippen molar-refractivity contribution in [2.45, 2.75) is 12.8 Å². The van der Waals surface area contributed by atoms with Gasteiger partial charge in [-0.05, 0) is 36.6 Å². The molecule has 1 N–H and O–H groups in total. The molecule has 7 nitrogen and oxygen atoms in total. The fraction of sp³-hybridized carbons (Fsp3) is 0.556. The Morgan fingerprint density at radius 1 is 1.11 bits per heavy atom. The van der Waals surface area contributed by atoms with Gasteiger partial charge in [0.25, 0.3) is 0 Å². The Bertz CT molecular complexity index is 789. The van der Waals surface area contributed by atoms with Crippen LogP contribution in [0.5, 0.6) is 0 Å². The van der Waals surface area contributed by atoms with Gasteiger partial charge in [0.15, 0.2) is 9.84 Å². The zero-order valence-electron chi connectivity index (χ0n) is 15.1. The van der Waals surface area contributed by atoms with Gasteiger partial charge in [-0.15, -0.1) is 0 Å². The summed E-state index contributed by atoms with van der Waals surface area (Å²) in [5, 5.41) is 2.72. The topological polar surface area (TPSA) is 86.8 Å². The number of sulfone groups is 1. The average Bonchev–Trinajstić information content (AvgIpc) is 2.96. The van der Waals surface area contributed by atoms with Crippen LogP contribution in [0, 0.1) is 11.7 Å². The molecule has 0 radical (unpaired) electrons. The molecule has 148 valence electrons. The Morgan fingerprint density at radius 2 is 1.78 bits per heavy atom. The Balaban J connectivity index is 1.40. The van der Waals surface area contributed by atoms with Crippen LogP contribution < -0.4 is 5.32 Å². The Hall–Kier alpha value is -2.00. The number of hydrogen-bond donors (Lipinski definition) is 1. The van der Waals surface area contributed by atoms with Gasteiger partial charge in [0.1, 0.15) is 5.82 Å². The number of hydrogen-bond acceptors (Lipinski definition) is 5. The van der Waals surface area contributed by atoms with Crippen LogP contribution in [0.15, 0.2) is 24.3 Å². The number of carbonyl (C=O) groups excluding carboxylic acids is 2. The minimum absolute atomic E-state index is 0.00693. The molecule has 0 bridgehead atoms. The zero-order chi connectivity index (χ0) is 19.4. The highest BCUT2D eigenvalue weighted by Gasteiger charge is 2.31. The van der Waals surface area contributed by atoms with E-state index in [1.807, 2.05) is 4.90 Å². The minimum Gasteiger partial charge on any atom is -0.340 e. The molecule has 0 unspecified atom stereocenters. The molecule has 9 heteroatoms. The van der Waals surface area contributed by atoms with E-state index in [0.717, 1.165) is 0 Å². The summed E-state index contributed by atoms with van der Waals surface area (Å²) >= 11 is 0. The van der Waals surface area contributed by atoms with E-state index in [2.05, 4.69) is 5.32 Å². The third-order valence-electron chi connectivity index (χ3n) is 5.01. The maximum atomic E-state index is 12.9. The number of nitrogens with one attached hydrogen (secondary N) is 1. The van der Waals surface area contributed by atoms with Crippen molar-refractivity contribution in [3.05, 3.63) is 30.1 Å². The molecule has 2 aliphatic rings. The second-order valence-corrected chi connectivity index (χ2v) is 9.41. The monoisotopic (exact) mass is 397 g/mol. The molecular formula is C18H24FN3O4S. The largest absolute Gasteiger partial charge is 0.340 e. The molecule has 2 heterocycles. The van der Waals surface area contributed by atoms with Crippen molar-refractivity contribution in [3.63, 3.8) is 0 Å². The highest BCUT2D eigenvalue weighted by atomic mass is 32.2. The van der Waals surface area contributed by atoms with Crippen LogP contribution in [-0.4, -0.2) is 74.3 Å². The minimum atomic E-state index is -2.97. The summed E-state index contributed by atoms with van der Waals surface area (Å²) < 4.78 is 35.9. The molecule has 0 saturated carbocycles. The first kappa shape index (κ1) is 19.8. The fourth-order valence-corrected chi connectivity index (χ4v) is 5.36. The van der Waals surface area contributed by atoms with Crippen LogP contribution in [0.25, 0.3) is 0 Å². The van der Waals surface area contributed by atoms with Crippen molar-refractivity contribution >= 4 is 27.3 Å². The number of piperazine rings is 1. The van der Waals surface area contributed by atoms with E-state index >= 15 is 0 Å². The molecule has 1 aromatic rings. The van der Waals surface area contributed by atoms with E-state index in [0.29, 0.717) is 38.3 Å². The Kier molecular flexibility index (Phi) is 6.11. The molecule has 2 fully saturated rings. The quantitative estimate of drug-likeness (QED) is 0.792. The number of nitrogens with zero attached hydrogens (tertiary/aromatic N) is 2. The van der Waals surface area contributed by atoms with E-state index in [9.17, 15) is 22.4 Å². The standard InChI is InChI=1S/C18H24FN3O4S/c19-15-1-3-16(4-2-15)20-17(23)12-21-6-8-22(9-7-21)18(24)11-14-5-10-27(25,26)13-14/h1-4,14H,5-13H2,(H,20,23)/t14-/m0/s1. The lowest BCUT2D eigenvalue weighted by Crippen LogP contribution is -2.50. The van der Waals surface area contributed by atoms with E-state index in [1.165, 1.54) is 24.3 Å². The average molecular weight is 397 g/mol. The summed E-state index contributed by atoms with van der Waals surface area (Å²) in [6.07, 6.45) is 0.849. The molecule has 27 heavy (non-hydrogen) atoms. The van der Waals surface area contributed by atoms with Gasteiger partial charge in [0.05, 0.1) is 18.1 Å². The highest BCUT2D eigenvalue weighted by Crippen LogP contribution is 2.22. The molecule has 0 aliphatic carbocycles. The summed E-state index contributed by atoms with van der Waals surface area (Å²) in [4.78, 5) is 28.2. The second kappa shape index (κ2) is 8.35. The number of benzene rings is 1. The first-order chi connectivity index (χ1) is 12.8. The Labute approximate surface area is 158 Å². The second-order valence-electron chi connectivity index (χ2n) is 7.19. The fourth-order valence-electron chi connectivity index (χ4n) is 3.50. The van der Waals surface area contributed by atoms with Gasteiger partial charge in [-0.3, -0.25) is 14.5 Å². The summed E-state index contributed by atoms with van der Waals surface area (Å²) in [7, 11) is -2.97. The molecule has 0 aromatic heterocycles. The molecule has 1 atom stereocenters. The highest BCUT2D eigenvalue weighted by molar-refractivity contribution is 7.91. The van der Waals surface area contributed by atoms with Crippen LogP contribution in [0.4, 0.5) is 10.1 Å². The van der Waals surface area contributed by atoms with Crippen molar-refractivity contribution in [1.82, 2.24) is 9.80 Å². The normalized spacial score (nSPS) is 22.6. The maximum absolute atomic E-state index is 12.9. The number of anilines is 1. The maximum Gasteiger partial charge on any atom is 0.238 e. The van der Waals surface area contributed by atoms with Crippen LogP contribution in [0.1, 0.15) is 12.8 Å². The van der Waals surface area contributed by atoms with Crippen molar-refractivity contribution in [2.75, 3.05) is 49.5 Å². The van der Waals surface area contributed by atoms with Crippen LogP contribution in [-0.2, 0) is 19.4 Å². The number of amides is 2. The van der Waals surface area contributed by atoms with E-state index < -0.39 is 9.84 Å². The molecule has 2 aliphatic heterocycles. The predicted octanol–water partition coefficient (Wildman–Crippen LogP) is 0.733. The third kappa shape index (κ3) is 5.74. The summed E-state index contributed by atoms with van der Waals surface area (Å²) in [5.41, 5.74) is 0.543. The summed E-state index contributed by atoms with van der Waals surface area (Å²) in [6.45, 7) is 2.45. The molecular weight excluding hydrogens is 373 g/mol. The number of rotatable bonds is 5. The third-order valence-corrected chi connectivity index (χ3v) is 6.85. The van der Waals surface area contributed by atoms with E-state index in [4.69, 9.17) is 0 Å². The first-order valence-corrected chi connectivity index (χ1v) is 10.9. The van der Waals surface area contributed by atoms with Gasteiger partial charge >= 0.3 is 0 Å². The SMILES string of the molecule is O=C(CN1CCN(C(=O)C[C@@H]2CCS(=O)(=O)C2)CC1)Nc1ccc(F)cc1. The number of halogens is 1. The van der Waals surface area contributed by atoms with E-state index in [-0.39, 0.29) is 48.0 Å². The summed E-state index contributed by atoms with van der Waals surface area (Å²) in [5.74, 6) is -0.319. The summed E-state index contributed by atoms with van der Waals surface area (Å²) in [6, 6.07) is 5.59.